The molecule has 0 amide bonds. The van der Waals surface area contributed by atoms with Crippen molar-refractivity contribution in [3.05, 3.63) is 71.8 Å². The van der Waals surface area contributed by atoms with Gasteiger partial charge < -0.3 is 11.5 Å². The summed E-state index contributed by atoms with van der Waals surface area (Å²) in [6.45, 7) is 0. The predicted molar refractivity (Wildman–Crippen MR) is 100 cm³/mol. The second-order valence-corrected chi connectivity index (χ2v) is 7.09. The van der Waals surface area contributed by atoms with E-state index >= 15 is 0 Å². The first-order valence-electron chi connectivity index (χ1n) is 7.61. The summed E-state index contributed by atoms with van der Waals surface area (Å²) in [5.74, 6) is 5.42. The van der Waals surface area contributed by atoms with Gasteiger partial charge in [0.25, 0.3) is 10.0 Å². The van der Waals surface area contributed by atoms with Crippen molar-refractivity contribution in [3.8, 4) is 11.8 Å². The molecule has 136 valence electrons. The topological polar surface area (TPSA) is 124 Å². The Kier molecular flexibility index (Phi) is 4.92. The van der Waals surface area contributed by atoms with Gasteiger partial charge in [0.2, 0.25) is 0 Å². The molecule has 3 rings (SSSR count). The first kappa shape index (κ1) is 18.2. The van der Waals surface area contributed by atoms with Gasteiger partial charge in [0, 0.05) is 5.56 Å². The maximum Gasteiger partial charge on any atom is 0.261 e. The van der Waals surface area contributed by atoms with Crippen molar-refractivity contribution < 1.29 is 12.8 Å². The predicted octanol–water partition coefficient (Wildman–Crippen LogP) is 1.98. The van der Waals surface area contributed by atoms with Crippen LogP contribution in [0.15, 0.2) is 59.8 Å². The van der Waals surface area contributed by atoms with Crippen LogP contribution in [0.3, 0.4) is 0 Å². The summed E-state index contributed by atoms with van der Waals surface area (Å²) in [7, 11) is -3.85. The molecule has 1 aromatic heterocycles. The number of nitrogens with one attached hydrogen (secondary N) is 1. The smallest absolute Gasteiger partial charge is 0.261 e. The molecule has 0 aliphatic carbocycles. The van der Waals surface area contributed by atoms with Gasteiger partial charge >= 0.3 is 0 Å². The number of hydrogen-bond acceptors (Lipinski definition) is 6. The van der Waals surface area contributed by atoms with Gasteiger partial charge in [-0.05, 0) is 42.5 Å². The largest absolute Gasteiger partial charge is 0.382 e. The summed E-state index contributed by atoms with van der Waals surface area (Å²) in [5, 5.41) is 0. The highest BCUT2D eigenvalue weighted by Gasteiger charge is 2.14. The fourth-order valence-corrected chi connectivity index (χ4v) is 3.21. The van der Waals surface area contributed by atoms with E-state index in [2.05, 4.69) is 26.5 Å². The molecule has 3 aromatic rings. The van der Waals surface area contributed by atoms with E-state index < -0.39 is 15.8 Å². The fourth-order valence-electron chi connectivity index (χ4n) is 2.16. The van der Waals surface area contributed by atoms with Gasteiger partial charge in [-0.25, -0.2) is 22.8 Å². The van der Waals surface area contributed by atoms with E-state index in [0.29, 0.717) is 16.8 Å². The maximum atomic E-state index is 13.0. The number of nitrogen functional groups attached to an aromatic ring is 2. The van der Waals surface area contributed by atoms with Crippen LogP contribution in [0.5, 0.6) is 0 Å². The molecule has 0 fully saturated rings. The lowest BCUT2D eigenvalue weighted by molar-refractivity contribution is 0.599. The van der Waals surface area contributed by atoms with Gasteiger partial charge in [-0.2, -0.15) is 0 Å². The zero-order chi connectivity index (χ0) is 19.4. The number of nitrogens with two attached hydrogens (primary N) is 2. The SMILES string of the molecule is Nc1ncnc(N)c1C#Cc1cccc(NS(=O)(=O)c2ccc(F)cc2)c1. The summed E-state index contributed by atoms with van der Waals surface area (Å²) >= 11 is 0. The van der Waals surface area contributed by atoms with Crippen molar-refractivity contribution in [2.75, 3.05) is 16.2 Å². The van der Waals surface area contributed by atoms with Crippen molar-refractivity contribution in [1.82, 2.24) is 9.97 Å². The number of aromatic nitrogens is 2. The molecule has 0 aliphatic rings. The van der Waals surface area contributed by atoms with Crippen LogP contribution in [0.4, 0.5) is 21.7 Å². The molecule has 1 heterocycles. The minimum atomic E-state index is -3.85. The molecule has 0 bridgehead atoms. The molecule has 0 saturated carbocycles. The molecule has 5 N–H and O–H groups in total. The van der Waals surface area contributed by atoms with E-state index in [0.717, 1.165) is 12.1 Å². The van der Waals surface area contributed by atoms with E-state index in [4.69, 9.17) is 11.5 Å². The van der Waals surface area contributed by atoms with Crippen molar-refractivity contribution >= 4 is 27.3 Å². The average molecular weight is 383 g/mol. The monoisotopic (exact) mass is 383 g/mol. The Morgan fingerprint density at radius 2 is 1.63 bits per heavy atom. The minimum absolute atomic E-state index is 0.0534. The van der Waals surface area contributed by atoms with Crippen molar-refractivity contribution in [3.63, 3.8) is 0 Å². The zero-order valence-electron chi connectivity index (χ0n) is 13.8. The number of sulfonamides is 1. The lowest BCUT2D eigenvalue weighted by Gasteiger charge is -2.08. The Balaban J connectivity index is 1.87. The Morgan fingerprint density at radius 1 is 0.963 bits per heavy atom. The van der Waals surface area contributed by atoms with Gasteiger partial charge in [-0.3, -0.25) is 4.72 Å². The standard InChI is InChI=1S/C18H14FN5O2S/c19-13-5-7-15(8-6-13)27(25,26)24-14-3-1-2-12(10-14)4-9-16-17(20)22-11-23-18(16)21/h1-3,5-8,10-11,24H,(H4,20,21,22,23). The van der Waals surface area contributed by atoms with Crippen molar-refractivity contribution in [2.24, 2.45) is 0 Å². The van der Waals surface area contributed by atoms with Crippen LogP contribution in [0.2, 0.25) is 0 Å². The molecule has 0 saturated heterocycles. The third kappa shape index (κ3) is 4.31. The number of halogens is 1. The van der Waals surface area contributed by atoms with Crippen LogP contribution >= 0.6 is 0 Å². The van der Waals surface area contributed by atoms with Gasteiger partial charge in [0.15, 0.2) is 0 Å². The number of rotatable bonds is 3. The molecule has 0 unspecified atom stereocenters. The summed E-state index contributed by atoms with van der Waals surface area (Å²) in [4.78, 5) is 7.59. The summed E-state index contributed by atoms with van der Waals surface area (Å²) in [6.07, 6.45) is 1.24. The zero-order valence-corrected chi connectivity index (χ0v) is 14.7. The van der Waals surface area contributed by atoms with E-state index in [1.54, 1.807) is 24.3 Å². The van der Waals surface area contributed by atoms with Crippen molar-refractivity contribution in [1.29, 1.82) is 0 Å². The molecule has 0 atom stereocenters. The van der Waals surface area contributed by atoms with Gasteiger partial charge in [-0.15, -0.1) is 0 Å². The van der Waals surface area contributed by atoms with E-state index in [9.17, 15) is 12.8 Å². The van der Waals surface area contributed by atoms with Crippen LogP contribution in [0.1, 0.15) is 11.1 Å². The van der Waals surface area contributed by atoms with E-state index in [1.165, 1.54) is 18.5 Å². The number of nitrogens with zero attached hydrogens (tertiary/aromatic N) is 2. The molecule has 9 heteroatoms. The quantitative estimate of drug-likeness (QED) is 0.594. The molecule has 7 nitrogen and oxygen atoms in total. The normalized spacial score (nSPS) is 10.7. The van der Waals surface area contributed by atoms with Crippen LogP contribution in [0, 0.1) is 17.7 Å². The molecule has 27 heavy (non-hydrogen) atoms. The second-order valence-electron chi connectivity index (χ2n) is 5.41. The molecule has 0 radical (unpaired) electrons. The van der Waals surface area contributed by atoms with Crippen LogP contribution < -0.4 is 16.2 Å². The molecule has 0 spiro atoms. The average Bonchev–Trinajstić information content (AvgIpc) is 2.61. The molecule has 2 aromatic carbocycles. The third-order valence-electron chi connectivity index (χ3n) is 3.48. The Labute approximate surface area is 155 Å². The van der Waals surface area contributed by atoms with Crippen molar-refractivity contribution in [2.45, 2.75) is 4.90 Å². The highest BCUT2D eigenvalue weighted by atomic mass is 32.2. The Morgan fingerprint density at radius 3 is 2.30 bits per heavy atom. The number of benzene rings is 2. The molecular weight excluding hydrogens is 369 g/mol. The van der Waals surface area contributed by atoms with E-state index in [1.807, 2.05) is 0 Å². The lowest BCUT2D eigenvalue weighted by Crippen LogP contribution is -2.12. The van der Waals surface area contributed by atoms with Gasteiger partial charge in [0.05, 0.1) is 10.6 Å². The summed E-state index contributed by atoms with van der Waals surface area (Å²) in [6, 6.07) is 11.0. The first-order chi connectivity index (χ1) is 12.8. The highest BCUT2D eigenvalue weighted by molar-refractivity contribution is 7.92. The molecule has 0 aliphatic heterocycles. The van der Waals surface area contributed by atoms with Gasteiger partial charge in [0.1, 0.15) is 29.3 Å². The van der Waals surface area contributed by atoms with Crippen LogP contribution in [-0.4, -0.2) is 18.4 Å². The third-order valence-corrected chi connectivity index (χ3v) is 4.87. The van der Waals surface area contributed by atoms with Gasteiger partial charge in [-0.1, -0.05) is 17.9 Å². The lowest BCUT2D eigenvalue weighted by atomic mass is 10.2. The second kappa shape index (κ2) is 7.31. The number of anilines is 3. The Hall–Kier alpha value is -3.64. The minimum Gasteiger partial charge on any atom is -0.382 e. The molecular formula is C18H14FN5O2S. The number of hydrogen-bond donors (Lipinski definition) is 3. The highest BCUT2D eigenvalue weighted by Crippen LogP contribution is 2.18. The van der Waals surface area contributed by atoms with Crippen LogP contribution in [-0.2, 0) is 10.0 Å². The summed E-state index contributed by atoms with van der Waals surface area (Å²) < 4.78 is 40.1. The fraction of sp³-hybridized carbons (Fsp3) is 0. The Bertz CT molecular complexity index is 1130. The van der Waals surface area contributed by atoms with Crippen LogP contribution in [0.25, 0.3) is 0 Å². The first-order valence-corrected chi connectivity index (χ1v) is 9.10. The maximum absolute atomic E-state index is 13.0. The van der Waals surface area contributed by atoms with E-state index in [-0.39, 0.29) is 16.5 Å². The summed E-state index contributed by atoms with van der Waals surface area (Å²) in [5.41, 5.74) is 12.6.